The van der Waals surface area contributed by atoms with Crippen molar-refractivity contribution in [3.8, 4) is 0 Å². The lowest BCUT2D eigenvalue weighted by molar-refractivity contribution is 0.113. The monoisotopic (exact) mass is 295 g/mol. The van der Waals surface area contributed by atoms with Gasteiger partial charge in [0.05, 0.1) is 24.7 Å². The second-order valence-electron chi connectivity index (χ2n) is 3.42. The molecule has 104 valence electrons. The van der Waals surface area contributed by atoms with Gasteiger partial charge in [0.2, 0.25) is 10.0 Å². The van der Waals surface area contributed by atoms with E-state index < -0.39 is 57.5 Å². The number of hydrogen-bond donors (Lipinski definition) is 1. The molecule has 17 heavy (non-hydrogen) atoms. The minimum atomic E-state index is -4.10. The summed E-state index contributed by atoms with van der Waals surface area (Å²) in [5.74, 6) is -1.40. The van der Waals surface area contributed by atoms with Gasteiger partial charge < -0.3 is 5.11 Å². The second kappa shape index (κ2) is 6.57. The molecule has 0 heterocycles. The lowest BCUT2D eigenvalue weighted by Crippen LogP contribution is -2.39. The fraction of sp³-hybridized carbons (Fsp3) is 1.00. The van der Waals surface area contributed by atoms with Crippen molar-refractivity contribution < 1.29 is 30.7 Å². The third-order valence-electron chi connectivity index (χ3n) is 1.80. The molecular weight excluding hydrogens is 280 g/mol. The summed E-state index contributed by atoms with van der Waals surface area (Å²) in [7, 11) is -7.59. The molecule has 10 heteroatoms. The largest absolute Gasteiger partial charge is 0.395 e. The summed E-state index contributed by atoms with van der Waals surface area (Å²) in [6, 6.07) is 0. The van der Waals surface area contributed by atoms with Gasteiger partial charge in [0.25, 0.3) is 6.43 Å². The van der Waals surface area contributed by atoms with Crippen LogP contribution in [0.2, 0.25) is 0 Å². The maximum absolute atomic E-state index is 12.1. The predicted octanol–water partition coefficient (Wildman–Crippen LogP) is -1.08. The first-order valence-electron chi connectivity index (χ1n) is 4.63. The Kier molecular flexibility index (Phi) is 6.45. The molecule has 0 aromatic carbocycles. The number of sulfonamides is 1. The minimum Gasteiger partial charge on any atom is -0.395 e. The number of hydrogen-bond acceptors (Lipinski definition) is 5. The fourth-order valence-corrected chi connectivity index (χ4v) is 4.01. The molecule has 0 rings (SSSR count). The van der Waals surface area contributed by atoms with Crippen molar-refractivity contribution in [3.63, 3.8) is 0 Å². The molecular formula is C7H15F2NO5S2. The molecule has 0 bridgehead atoms. The zero-order chi connectivity index (χ0) is 13.7. The average Bonchev–Trinajstić information content (AvgIpc) is 2.13. The van der Waals surface area contributed by atoms with Gasteiger partial charge in [-0.25, -0.2) is 25.6 Å². The molecule has 0 fully saturated rings. The van der Waals surface area contributed by atoms with Crippen molar-refractivity contribution in [3.05, 3.63) is 0 Å². The van der Waals surface area contributed by atoms with Gasteiger partial charge in [-0.2, -0.15) is 4.31 Å². The van der Waals surface area contributed by atoms with Gasteiger partial charge in [0.15, 0.2) is 0 Å². The number of alkyl halides is 2. The third-order valence-corrected chi connectivity index (χ3v) is 4.84. The summed E-state index contributed by atoms with van der Waals surface area (Å²) in [5.41, 5.74) is 0. The summed E-state index contributed by atoms with van der Waals surface area (Å²) in [6.45, 7) is -2.13. The van der Waals surface area contributed by atoms with Crippen LogP contribution in [0.15, 0.2) is 0 Å². The van der Waals surface area contributed by atoms with E-state index in [0.29, 0.717) is 4.31 Å². The first-order chi connectivity index (χ1) is 7.58. The van der Waals surface area contributed by atoms with Crippen LogP contribution in [-0.4, -0.2) is 70.1 Å². The summed E-state index contributed by atoms with van der Waals surface area (Å²) >= 11 is 0. The van der Waals surface area contributed by atoms with Crippen molar-refractivity contribution >= 4 is 19.9 Å². The standard InChI is InChI=1S/C7H15F2NO5S2/c1-16(12,13)4-5-17(14,15)10(2-3-11)6-7(8)9/h7,11H,2-6H2,1H3. The smallest absolute Gasteiger partial charge is 0.252 e. The first-order valence-corrected chi connectivity index (χ1v) is 8.30. The molecule has 6 nitrogen and oxygen atoms in total. The molecule has 0 aliphatic rings. The fourth-order valence-electron chi connectivity index (χ4n) is 0.995. The summed E-state index contributed by atoms with van der Waals surface area (Å²) in [5, 5.41) is 8.57. The molecule has 0 aliphatic carbocycles. The number of aliphatic hydroxyl groups excluding tert-OH is 1. The lowest BCUT2D eigenvalue weighted by atomic mass is 10.6. The highest BCUT2D eigenvalue weighted by atomic mass is 32.2. The Morgan fingerprint density at radius 2 is 1.71 bits per heavy atom. The molecule has 0 aromatic rings. The van der Waals surface area contributed by atoms with Gasteiger partial charge in [-0.05, 0) is 0 Å². The highest BCUT2D eigenvalue weighted by molar-refractivity contribution is 7.93. The Morgan fingerprint density at radius 3 is 2.06 bits per heavy atom. The summed E-state index contributed by atoms with van der Waals surface area (Å²) < 4.78 is 69.2. The normalized spacial score (nSPS) is 13.5. The Bertz CT molecular complexity index is 420. The van der Waals surface area contributed by atoms with E-state index in [2.05, 4.69) is 0 Å². The van der Waals surface area contributed by atoms with Crippen molar-refractivity contribution in [2.45, 2.75) is 6.43 Å². The minimum absolute atomic E-state index is 0.392. The van der Waals surface area contributed by atoms with Gasteiger partial charge in [-0.3, -0.25) is 0 Å². The molecule has 0 saturated heterocycles. The van der Waals surface area contributed by atoms with Gasteiger partial charge in [0.1, 0.15) is 9.84 Å². The molecule has 0 aliphatic heterocycles. The van der Waals surface area contributed by atoms with Crippen LogP contribution in [0.1, 0.15) is 0 Å². The molecule has 0 unspecified atom stereocenters. The molecule has 0 amide bonds. The lowest BCUT2D eigenvalue weighted by Gasteiger charge is -2.20. The van der Waals surface area contributed by atoms with Crippen LogP contribution in [-0.2, 0) is 19.9 Å². The van der Waals surface area contributed by atoms with Crippen molar-refractivity contribution in [1.82, 2.24) is 4.31 Å². The van der Waals surface area contributed by atoms with E-state index in [1.54, 1.807) is 0 Å². The summed E-state index contributed by atoms with van der Waals surface area (Å²) in [4.78, 5) is 0. The number of nitrogens with zero attached hydrogens (tertiary/aromatic N) is 1. The van der Waals surface area contributed by atoms with Crippen LogP contribution >= 0.6 is 0 Å². The highest BCUT2D eigenvalue weighted by Gasteiger charge is 2.25. The van der Waals surface area contributed by atoms with Crippen LogP contribution in [0.3, 0.4) is 0 Å². The Balaban J connectivity index is 4.72. The topological polar surface area (TPSA) is 91.8 Å². The number of halogens is 2. The maximum Gasteiger partial charge on any atom is 0.252 e. The van der Waals surface area contributed by atoms with Gasteiger partial charge in [0, 0.05) is 12.8 Å². The van der Waals surface area contributed by atoms with Crippen molar-refractivity contribution in [2.24, 2.45) is 0 Å². The SMILES string of the molecule is CS(=O)(=O)CCS(=O)(=O)N(CCO)CC(F)F. The first kappa shape index (κ1) is 16.7. The van der Waals surface area contributed by atoms with E-state index in [9.17, 15) is 25.6 Å². The number of aliphatic hydroxyl groups is 1. The van der Waals surface area contributed by atoms with E-state index in [4.69, 9.17) is 5.11 Å². The van der Waals surface area contributed by atoms with Gasteiger partial charge in [-0.15, -0.1) is 0 Å². The Hall–Kier alpha value is -0.320. The van der Waals surface area contributed by atoms with E-state index in [-0.39, 0.29) is 0 Å². The number of sulfone groups is 1. The van der Waals surface area contributed by atoms with Crippen LogP contribution in [0.25, 0.3) is 0 Å². The van der Waals surface area contributed by atoms with E-state index in [1.165, 1.54) is 0 Å². The molecule has 0 radical (unpaired) electrons. The van der Waals surface area contributed by atoms with Crippen molar-refractivity contribution in [1.29, 1.82) is 0 Å². The van der Waals surface area contributed by atoms with E-state index in [1.807, 2.05) is 0 Å². The number of rotatable bonds is 8. The molecule has 0 aromatic heterocycles. The van der Waals surface area contributed by atoms with Crippen LogP contribution in [0, 0.1) is 0 Å². The Labute approximate surface area is 99.2 Å². The maximum atomic E-state index is 12.1. The molecule has 1 N–H and O–H groups in total. The third kappa shape index (κ3) is 7.58. The van der Waals surface area contributed by atoms with Crippen molar-refractivity contribution in [2.75, 3.05) is 37.5 Å². The second-order valence-corrected chi connectivity index (χ2v) is 7.77. The van der Waals surface area contributed by atoms with Gasteiger partial charge in [-0.1, -0.05) is 0 Å². The molecule has 0 saturated carbocycles. The Morgan fingerprint density at radius 1 is 1.18 bits per heavy atom. The highest BCUT2D eigenvalue weighted by Crippen LogP contribution is 2.06. The zero-order valence-corrected chi connectivity index (χ0v) is 10.8. The molecule has 0 spiro atoms. The molecule has 0 atom stereocenters. The quantitative estimate of drug-likeness (QED) is 0.615. The van der Waals surface area contributed by atoms with Gasteiger partial charge >= 0.3 is 0 Å². The van der Waals surface area contributed by atoms with Crippen LogP contribution in [0.5, 0.6) is 0 Å². The predicted molar refractivity (Wildman–Crippen MR) is 58.2 cm³/mol. The summed E-state index contributed by atoms with van der Waals surface area (Å²) in [6.07, 6.45) is -2.03. The van der Waals surface area contributed by atoms with E-state index >= 15 is 0 Å². The average molecular weight is 295 g/mol. The zero-order valence-electron chi connectivity index (χ0n) is 9.21. The van der Waals surface area contributed by atoms with Crippen LogP contribution < -0.4 is 0 Å². The van der Waals surface area contributed by atoms with Crippen LogP contribution in [0.4, 0.5) is 8.78 Å². The van der Waals surface area contributed by atoms with E-state index in [0.717, 1.165) is 6.26 Å².